The van der Waals surface area contributed by atoms with E-state index in [1.807, 2.05) is 19.9 Å². The lowest BCUT2D eigenvalue weighted by molar-refractivity contribution is -0.137. The number of halogens is 5. The lowest BCUT2D eigenvalue weighted by Gasteiger charge is -2.38. The predicted molar refractivity (Wildman–Crippen MR) is 127 cm³/mol. The molecule has 1 nitrogen and oxygen atoms in total. The Morgan fingerprint density at radius 1 is 0.971 bits per heavy atom. The summed E-state index contributed by atoms with van der Waals surface area (Å²) < 4.78 is 69.3. The van der Waals surface area contributed by atoms with Gasteiger partial charge in [0.15, 0.2) is 6.17 Å². The van der Waals surface area contributed by atoms with Crippen molar-refractivity contribution in [2.45, 2.75) is 64.9 Å². The minimum atomic E-state index is -4.52. The molecule has 3 aromatic carbocycles. The smallest absolute Gasteiger partial charge is 0.388 e. The van der Waals surface area contributed by atoms with E-state index < -0.39 is 29.8 Å². The van der Waals surface area contributed by atoms with Crippen LogP contribution >= 0.6 is 0 Å². The fourth-order valence-electron chi connectivity index (χ4n) is 5.22. The molecule has 0 aliphatic heterocycles. The highest BCUT2D eigenvalue weighted by Gasteiger charge is 2.37. The van der Waals surface area contributed by atoms with E-state index in [1.54, 1.807) is 12.1 Å². The summed E-state index contributed by atoms with van der Waals surface area (Å²) in [5, 5.41) is 11.2. The highest BCUT2D eigenvalue weighted by molar-refractivity contribution is 5.76. The van der Waals surface area contributed by atoms with Crippen molar-refractivity contribution in [1.82, 2.24) is 0 Å². The monoisotopic (exact) mass is 488 g/mol. The first-order valence-electron chi connectivity index (χ1n) is 11.7. The van der Waals surface area contributed by atoms with Gasteiger partial charge in [-0.05, 0) is 81.8 Å². The van der Waals surface area contributed by atoms with Crippen molar-refractivity contribution in [3.63, 3.8) is 0 Å². The number of benzene rings is 3. The number of hydrogen-bond donors (Lipinski definition) is 1. The molecule has 0 spiro atoms. The van der Waals surface area contributed by atoms with Gasteiger partial charge in [-0.1, -0.05) is 58.0 Å². The quantitative estimate of drug-likeness (QED) is 0.364. The van der Waals surface area contributed by atoms with Crippen molar-refractivity contribution in [3.05, 3.63) is 93.8 Å². The summed E-state index contributed by atoms with van der Waals surface area (Å²) in [7, 11) is 0. The lowest BCUT2D eigenvalue weighted by Crippen LogP contribution is -2.27. The van der Waals surface area contributed by atoms with E-state index >= 15 is 4.39 Å². The third-order valence-corrected chi connectivity index (χ3v) is 6.81. The van der Waals surface area contributed by atoms with E-state index in [-0.39, 0.29) is 16.9 Å². The molecule has 0 fully saturated rings. The Labute approximate surface area is 202 Å². The minimum absolute atomic E-state index is 0.0915. The topological polar surface area (TPSA) is 20.2 Å². The van der Waals surface area contributed by atoms with Crippen LogP contribution in [-0.4, -0.2) is 5.11 Å². The fourth-order valence-corrected chi connectivity index (χ4v) is 5.22. The van der Waals surface area contributed by atoms with Crippen LogP contribution in [0.3, 0.4) is 0 Å². The first kappa shape index (κ1) is 25.4. The summed E-state index contributed by atoms with van der Waals surface area (Å²) in [5.74, 6) is -0.533. The molecule has 35 heavy (non-hydrogen) atoms. The molecular weight excluding hydrogens is 459 g/mol. The molecule has 2 atom stereocenters. The maximum absolute atomic E-state index is 16.4. The van der Waals surface area contributed by atoms with Crippen molar-refractivity contribution in [2.75, 3.05) is 0 Å². The lowest BCUT2D eigenvalue weighted by atomic mass is 9.68. The Morgan fingerprint density at radius 2 is 1.57 bits per heavy atom. The number of aliphatic hydroxyl groups is 1. The number of aliphatic hydroxyl groups excluding tert-OH is 1. The minimum Gasteiger partial charge on any atom is -0.388 e. The Bertz CT molecular complexity index is 1210. The Hall–Kier alpha value is -2.73. The fraction of sp³-hybridized carbons (Fsp3) is 0.379. The van der Waals surface area contributed by atoms with Crippen LogP contribution in [-0.2, 0) is 12.6 Å². The molecule has 0 saturated carbocycles. The molecule has 0 aromatic heterocycles. The highest BCUT2D eigenvalue weighted by Crippen LogP contribution is 2.50. The van der Waals surface area contributed by atoms with Gasteiger partial charge in [-0.3, -0.25) is 0 Å². The van der Waals surface area contributed by atoms with Gasteiger partial charge >= 0.3 is 6.18 Å². The van der Waals surface area contributed by atoms with Gasteiger partial charge in [0.2, 0.25) is 0 Å². The second-order valence-corrected chi connectivity index (χ2v) is 10.5. The maximum Gasteiger partial charge on any atom is 0.416 e. The van der Waals surface area contributed by atoms with Gasteiger partial charge in [0.1, 0.15) is 5.82 Å². The summed E-state index contributed by atoms with van der Waals surface area (Å²) in [5.41, 5.74) is 2.71. The van der Waals surface area contributed by atoms with Crippen LogP contribution < -0.4 is 0 Å². The van der Waals surface area contributed by atoms with Crippen molar-refractivity contribution < 1.29 is 27.1 Å². The van der Waals surface area contributed by atoms with Crippen LogP contribution in [0.4, 0.5) is 22.0 Å². The Balaban J connectivity index is 2.00. The van der Waals surface area contributed by atoms with E-state index in [1.165, 1.54) is 12.1 Å². The molecule has 0 heterocycles. The first-order valence-corrected chi connectivity index (χ1v) is 11.7. The summed E-state index contributed by atoms with van der Waals surface area (Å²) in [4.78, 5) is 0. The molecule has 1 aliphatic carbocycles. The summed E-state index contributed by atoms with van der Waals surface area (Å²) in [6.45, 7) is 8.01. The van der Waals surface area contributed by atoms with Crippen molar-refractivity contribution >= 4 is 0 Å². The van der Waals surface area contributed by atoms with Crippen LogP contribution in [0.2, 0.25) is 0 Å². The number of hydrogen-bond acceptors (Lipinski definition) is 1. The average Bonchev–Trinajstić information content (AvgIpc) is 2.76. The average molecular weight is 489 g/mol. The first-order chi connectivity index (χ1) is 16.3. The van der Waals surface area contributed by atoms with Crippen molar-refractivity contribution in [2.24, 2.45) is 5.41 Å². The SMILES string of the molecule is CC(C)c1cc2c(c(-c3ccc(F)cc3)c1C(F)c1ccc(C(F)(F)F)cc1)C(O)CC(C)(C)C2. The highest BCUT2D eigenvalue weighted by atomic mass is 19.4. The Kier molecular flexibility index (Phi) is 6.56. The molecule has 0 radical (unpaired) electrons. The number of fused-ring (bicyclic) bond motifs is 1. The second-order valence-electron chi connectivity index (χ2n) is 10.5. The van der Waals surface area contributed by atoms with E-state index in [0.29, 0.717) is 35.1 Å². The Morgan fingerprint density at radius 3 is 2.11 bits per heavy atom. The van der Waals surface area contributed by atoms with Gasteiger partial charge in [-0.2, -0.15) is 13.2 Å². The molecule has 186 valence electrons. The van der Waals surface area contributed by atoms with Crippen LogP contribution in [0.5, 0.6) is 0 Å². The molecule has 1 N–H and O–H groups in total. The van der Waals surface area contributed by atoms with Gasteiger partial charge in [0.05, 0.1) is 11.7 Å². The predicted octanol–water partition coefficient (Wildman–Crippen LogP) is 8.70. The van der Waals surface area contributed by atoms with Gasteiger partial charge in [-0.25, -0.2) is 8.78 Å². The molecule has 4 rings (SSSR count). The summed E-state index contributed by atoms with van der Waals surface area (Å²) in [6, 6.07) is 11.7. The van der Waals surface area contributed by atoms with E-state index in [2.05, 4.69) is 13.8 Å². The zero-order valence-corrected chi connectivity index (χ0v) is 20.2. The van der Waals surface area contributed by atoms with Gasteiger partial charge in [0.25, 0.3) is 0 Å². The largest absolute Gasteiger partial charge is 0.416 e. The molecule has 0 saturated heterocycles. The van der Waals surface area contributed by atoms with Gasteiger partial charge in [0, 0.05) is 5.56 Å². The standard InChI is InChI=1S/C29H29F5O/c1-16(2)22-13-19-14-28(3,4)15-23(35)24(19)25(17-7-11-21(30)12-8-17)26(22)27(31)18-5-9-20(10-6-18)29(32,33)34/h5-13,16,23,27,35H,14-15H2,1-4H3. The number of alkyl halides is 4. The zero-order valence-electron chi connectivity index (χ0n) is 20.2. The molecule has 3 aromatic rings. The number of rotatable bonds is 4. The molecule has 0 bridgehead atoms. The van der Waals surface area contributed by atoms with Crippen LogP contribution in [0.15, 0.2) is 54.6 Å². The molecule has 6 heteroatoms. The van der Waals surface area contributed by atoms with E-state index in [4.69, 9.17) is 0 Å². The summed E-state index contributed by atoms with van der Waals surface area (Å²) >= 11 is 0. The van der Waals surface area contributed by atoms with Crippen LogP contribution in [0.25, 0.3) is 11.1 Å². The maximum atomic E-state index is 16.4. The zero-order chi connectivity index (χ0) is 25.7. The molecule has 0 amide bonds. The van der Waals surface area contributed by atoms with E-state index in [0.717, 1.165) is 35.4 Å². The van der Waals surface area contributed by atoms with Gasteiger partial charge < -0.3 is 5.11 Å². The normalized spacial score (nSPS) is 18.4. The summed E-state index contributed by atoms with van der Waals surface area (Å²) in [6.07, 6.45) is -5.94. The molecule has 2 unspecified atom stereocenters. The third-order valence-electron chi connectivity index (χ3n) is 6.81. The van der Waals surface area contributed by atoms with Crippen molar-refractivity contribution in [3.8, 4) is 11.1 Å². The van der Waals surface area contributed by atoms with Crippen molar-refractivity contribution in [1.29, 1.82) is 0 Å². The third kappa shape index (κ3) is 4.99. The second kappa shape index (κ2) is 9.05. The van der Waals surface area contributed by atoms with Gasteiger partial charge in [-0.15, -0.1) is 0 Å². The van der Waals surface area contributed by atoms with Crippen LogP contribution in [0.1, 0.15) is 85.7 Å². The van der Waals surface area contributed by atoms with Crippen LogP contribution in [0, 0.1) is 11.2 Å². The van der Waals surface area contributed by atoms with E-state index in [9.17, 15) is 22.7 Å². The molecule has 1 aliphatic rings. The molecular formula is C29H29F5O.